The van der Waals surface area contributed by atoms with E-state index in [0.717, 1.165) is 4.47 Å². The van der Waals surface area contributed by atoms with Gasteiger partial charge >= 0.3 is 0 Å². The highest BCUT2D eigenvalue weighted by atomic mass is 79.9. The summed E-state index contributed by atoms with van der Waals surface area (Å²) in [5.41, 5.74) is 10.5. The summed E-state index contributed by atoms with van der Waals surface area (Å²) in [6, 6.07) is 37.7. The Kier molecular flexibility index (Phi) is 4.38. The highest BCUT2D eigenvalue weighted by Gasteiger charge is 2.35. The first-order valence-electron chi connectivity index (χ1n) is 11.1. The lowest BCUT2D eigenvalue weighted by Gasteiger charge is -2.37. The van der Waals surface area contributed by atoms with Crippen molar-refractivity contribution in [3.63, 3.8) is 0 Å². The summed E-state index contributed by atoms with van der Waals surface area (Å²) in [5, 5.41) is 2.72. The number of hydrogen-bond acceptors (Lipinski definition) is 0. The topological polar surface area (TPSA) is 0 Å². The third-order valence-corrected chi connectivity index (χ3v) is 7.44. The van der Waals surface area contributed by atoms with Crippen molar-refractivity contribution in [1.82, 2.24) is 0 Å². The van der Waals surface area contributed by atoms with Crippen LogP contribution < -0.4 is 0 Å². The van der Waals surface area contributed by atoms with Gasteiger partial charge in [-0.1, -0.05) is 115 Å². The number of rotatable bonds is 2. The Bertz CT molecular complexity index is 1480. The van der Waals surface area contributed by atoms with Gasteiger partial charge in [-0.05, 0) is 73.5 Å². The van der Waals surface area contributed by atoms with Gasteiger partial charge < -0.3 is 0 Å². The van der Waals surface area contributed by atoms with E-state index < -0.39 is 0 Å². The van der Waals surface area contributed by atoms with E-state index in [0.29, 0.717) is 0 Å². The minimum absolute atomic E-state index is 0.0899. The third-order valence-electron chi connectivity index (χ3n) is 6.91. The normalized spacial score (nSPS) is 13.7. The average Bonchev–Trinajstić information content (AvgIpc) is 2.83. The standard InChI is InChI=1S/C31H23Br/c1-31(2)28-14-5-8-21-7-4-12-26(29(21)28)27-13-6-11-25(30(27)31)23-10-3-9-22(19-23)20-15-17-24(32)18-16-20/h3-19H,1-2H3. The molecule has 0 nitrogen and oxygen atoms in total. The third kappa shape index (κ3) is 2.88. The van der Waals surface area contributed by atoms with Crippen LogP contribution in [-0.4, -0.2) is 0 Å². The van der Waals surface area contributed by atoms with Crippen molar-refractivity contribution in [2.45, 2.75) is 19.3 Å². The molecule has 0 spiro atoms. The lowest BCUT2D eigenvalue weighted by atomic mass is 9.66. The predicted molar refractivity (Wildman–Crippen MR) is 140 cm³/mol. The van der Waals surface area contributed by atoms with Crippen LogP contribution >= 0.6 is 15.9 Å². The second-order valence-electron chi connectivity index (χ2n) is 9.15. The van der Waals surface area contributed by atoms with E-state index in [1.807, 2.05) is 0 Å². The monoisotopic (exact) mass is 474 g/mol. The van der Waals surface area contributed by atoms with Gasteiger partial charge in [-0.2, -0.15) is 0 Å². The van der Waals surface area contributed by atoms with Gasteiger partial charge in [-0.15, -0.1) is 0 Å². The zero-order chi connectivity index (χ0) is 21.9. The van der Waals surface area contributed by atoms with E-state index in [-0.39, 0.29) is 5.41 Å². The summed E-state index contributed by atoms with van der Waals surface area (Å²) in [7, 11) is 0. The molecule has 1 aliphatic rings. The molecule has 6 rings (SSSR count). The molecule has 0 bridgehead atoms. The van der Waals surface area contributed by atoms with Crippen LogP contribution in [0, 0.1) is 0 Å². The Hall–Kier alpha value is -3.16. The fourth-order valence-corrected chi connectivity index (χ4v) is 5.68. The number of fused-ring (bicyclic) bond motifs is 2. The molecule has 0 N–H and O–H groups in total. The van der Waals surface area contributed by atoms with Crippen LogP contribution in [0.4, 0.5) is 0 Å². The minimum Gasteiger partial charge on any atom is -0.0613 e. The van der Waals surface area contributed by atoms with Gasteiger partial charge in [0.15, 0.2) is 0 Å². The maximum atomic E-state index is 3.55. The van der Waals surface area contributed by atoms with Crippen molar-refractivity contribution >= 4 is 26.7 Å². The zero-order valence-electron chi connectivity index (χ0n) is 18.2. The van der Waals surface area contributed by atoms with Gasteiger partial charge in [-0.3, -0.25) is 0 Å². The average molecular weight is 475 g/mol. The van der Waals surface area contributed by atoms with Crippen molar-refractivity contribution in [3.8, 4) is 33.4 Å². The largest absolute Gasteiger partial charge is 0.0613 e. The Morgan fingerprint density at radius 2 is 1.19 bits per heavy atom. The highest BCUT2D eigenvalue weighted by molar-refractivity contribution is 9.10. The molecular weight excluding hydrogens is 452 g/mol. The fraction of sp³-hybridized carbons (Fsp3) is 0.0968. The molecule has 0 saturated heterocycles. The van der Waals surface area contributed by atoms with Crippen LogP contribution in [0.1, 0.15) is 25.0 Å². The first-order chi connectivity index (χ1) is 15.5. The van der Waals surface area contributed by atoms with E-state index in [2.05, 4.69) is 133 Å². The van der Waals surface area contributed by atoms with Gasteiger partial charge in [-0.25, -0.2) is 0 Å². The summed E-state index contributed by atoms with van der Waals surface area (Å²) < 4.78 is 1.10. The van der Waals surface area contributed by atoms with Crippen LogP contribution in [0.15, 0.2) is 108 Å². The van der Waals surface area contributed by atoms with Crippen LogP contribution in [0.3, 0.4) is 0 Å². The van der Waals surface area contributed by atoms with E-state index >= 15 is 0 Å². The Balaban J connectivity index is 1.61. The molecule has 1 aliphatic carbocycles. The summed E-state index contributed by atoms with van der Waals surface area (Å²) in [6.45, 7) is 4.75. The zero-order valence-corrected chi connectivity index (χ0v) is 19.8. The molecule has 154 valence electrons. The Morgan fingerprint density at radius 1 is 0.562 bits per heavy atom. The Labute approximate surface area is 197 Å². The molecule has 5 aromatic rings. The molecule has 0 fully saturated rings. The molecule has 0 unspecified atom stereocenters. The van der Waals surface area contributed by atoms with E-state index in [1.165, 1.54) is 55.3 Å². The summed E-state index contributed by atoms with van der Waals surface area (Å²) in [4.78, 5) is 0. The molecule has 0 aromatic heterocycles. The quantitative estimate of drug-likeness (QED) is 0.239. The molecular formula is C31H23Br. The van der Waals surface area contributed by atoms with E-state index in [4.69, 9.17) is 0 Å². The van der Waals surface area contributed by atoms with Crippen LogP contribution in [-0.2, 0) is 5.41 Å². The lowest BCUT2D eigenvalue weighted by molar-refractivity contribution is 0.647. The molecule has 0 saturated carbocycles. The first-order valence-corrected chi connectivity index (χ1v) is 11.9. The van der Waals surface area contributed by atoms with E-state index in [1.54, 1.807) is 0 Å². The molecule has 0 radical (unpaired) electrons. The van der Waals surface area contributed by atoms with Crippen molar-refractivity contribution in [1.29, 1.82) is 0 Å². The van der Waals surface area contributed by atoms with Crippen molar-refractivity contribution in [3.05, 3.63) is 119 Å². The second-order valence-corrected chi connectivity index (χ2v) is 10.1. The van der Waals surface area contributed by atoms with E-state index in [9.17, 15) is 0 Å². The molecule has 0 heterocycles. The van der Waals surface area contributed by atoms with Gasteiger partial charge in [0, 0.05) is 9.89 Å². The maximum absolute atomic E-state index is 3.55. The van der Waals surface area contributed by atoms with Gasteiger partial charge in [0.2, 0.25) is 0 Å². The van der Waals surface area contributed by atoms with Crippen molar-refractivity contribution in [2.24, 2.45) is 0 Å². The predicted octanol–water partition coefficient (Wildman–Crippen LogP) is 9.24. The first kappa shape index (κ1) is 19.5. The molecule has 0 atom stereocenters. The van der Waals surface area contributed by atoms with Gasteiger partial charge in [0.25, 0.3) is 0 Å². The van der Waals surface area contributed by atoms with Crippen LogP contribution in [0.25, 0.3) is 44.2 Å². The van der Waals surface area contributed by atoms with Gasteiger partial charge in [0.05, 0.1) is 0 Å². The van der Waals surface area contributed by atoms with Crippen LogP contribution in [0.2, 0.25) is 0 Å². The summed E-state index contributed by atoms with van der Waals surface area (Å²) in [5.74, 6) is 0. The molecule has 1 heteroatoms. The second kappa shape index (κ2) is 7.18. The van der Waals surface area contributed by atoms with Crippen molar-refractivity contribution in [2.75, 3.05) is 0 Å². The summed E-state index contributed by atoms with van der Waals surface area (Å²) >= 11 is 3.55. The SMILES string of the molecule is CC1(C)c2c(-c3cccc(-c4ccc(Br)cc4)c3)cccc2-c2cccc3cccc1c23. The number of halogens is 1. The van der Waals surface area contributed by atoms with Crippen LogP contribution in [0.5, 0.6) is 0 Å². The molecule has 5 aromatic carbocycles. The smallest absolute Gasteiger partial charge is 0.0175 e. The molecule has 0 aliphatic heterocycles. The molecule has 0 amide bonds. The highest BCUT2D eigenvalue weighted by Crippen LogP contribution is 2.51. The number of hydrogen-bond donors (Lipinski definition) is 0. The van der Waals surface area contributed by atoms with Gasteiger partial charge in [0.1, 0.15) is 0 Å². The maximum Gasteiger partial charge on any atom is 0.0175 e. The Morgan fingerprint density at radius 3 is 2.00 bits per heavy atom. The lowest BCUT2D eigenvalue weighted by Crippen LogP contribution is -2.24. The minimum atomic E-state index is -0.0899. The number of benzene rings is 5. The van der Waals surface area contributed by atoms with Crippen molar-refractivity contribution < 1.29 is 0 Å². The fourth-order valence-electron chi connectivity index (χ4n) is 5.42. The molecule has 32 heavy (non-hydrogen) atoms. The summed E-state index contributed by atoms with van der Waals surface area (Å²) in [6.07, 6.45) is 0.